The molecule has 0 amide bonds. The van der Waals surface area contributed by atoms with E-state index in [1.165, 1.54) is 3.97 Å². The molecule has 4 aromatic rings. The number of aromatic nitrogens is 4. The summed E-state index contributed by atoms with van der Waals surface area (Å²) >= 11 is 0. The van der Waals surface area contributed by atoms with E-state index in [1.807, 2.05) is 11.6 Å². The first-order chi connectivity index (χ1) is 15.4. The Bertz CT molecular complexity index is 1510. The van der Waals surface area contributed by atoms with Gasteiger partial charge in [-0.25, -0.2) is 27.0 Å². The lowest BCUT2D eigenvalue weighted by atomic mass is 10.1. The Kier molecular flexibility index (Phi) is 4.75. The molecule has 1 aliphatic rings. The van der Waals surface area contributed by atoms with E-state index in [-0.39, 0.29) is 10.9 Å². The Morgan fingerprint density at radius 2 is 2.00 bits per heavy atom. The number of pyridine rings is 1. The van der Waals surface area contributed by atoms with Gasteiger partial charge in [0.1, 0.15) is 17.4 Å². The van der Waals surface area contributed by atoms with Crippen molar-refractivity contribution in [3.63, 3.8) is 0 Å². The van der Waals surface area contributed by atoms with Crippen molar-refractivity contribution >= 4 is 32.1 Å². The van der Waals surface area contributed by atoms with Crippen LogP contribution < -0.4 is 5.01 Å². The van der Waals surface area contributed by atoms with E-state index in [1.54, 1.807) is 55.1 Å². The van der Waals surface area contributed by atoms with E-state index in [0.29, 0.717) is 23.1 Å². The van der Waals surface area contributed by atoms with Crippen molar-refractivity contribution in [2.24, 2.45) is 0 Å². The Balaban J connectivity index is 1.67. The molecular formula is C23H22N6O2S. The van der Waals surface area contributed by atoms with E-state index < -0.39 is 10.0 Å². The summed E-state index contributed by atoms with van der Waals surface area (Å²) in [5.41, 5.74) is 3.93. The molecule has 0 unspecified atom stereocenters. The van der Waals surface area contributed by atoms with Crippen molar-refractivity contribution in [3.8, 4) is 6.07 Å². The SMILES string of the molecule is CC[C@@H]1C/C(=C/C#N)CN1n1cnc2cnc3c(ccn3S(=O)(=O)c3ccc(C)cc3)c21. The van der Waals surface area contributed by atoms with Gasteiger partial charge in [-0.05, 0) is 43.5 Å². The molecule has 8 nitrogen and oxygen atoms in total. The van der Waals surface area contributed by atoms with Gasteiger partial charge in [-0.1, -0.05) is 24.6 Å². The molecule has 5 rings (SSSR count). The molecule has 3 aromatic heterocycles. The Morgan fingerprint density at radius 1 is 1.22 bits per heavy atom. The quantitative estimate of drug-likeness (QED) is 0.445. The van der Waals surface area contributed by atoms with Crippen LogP contribution >= 0.6 is 0 Å². The molecule has 0 bridgehead atoms. The fraction of sp³-hybridized carbons (Fsp3) is 0.261. The smallest absolute Gasteiger partial charge is 0.269 e. The molecule has 9 heteroatoms. The van der Waals surface area contributed by atoms with Crippen LogP contribution in [0.2, 0.25) is 0 Å². The second-order valence-electron chi connectivity index (χ2n) is 8.04. The number of hydrogen-bond donors (Lipinski definition) is 0. The van der Waals surface area contributed by atoms with Crippen LogP contribution in [-0.4, -0.2) is 39.6 Å². The number of allylic oxidation sites excluding steroid dienone is 1. The van der Waals surface area contributed by atoms with Gasteiger partial charge in [0, 0.05) is 23.7 Å². The molecule has 1 saturated heterocycles. The van der Waals surface area contributed by atoms with Crippen molar-refractivity contribution in [2.45, 2.75) is 37.6 Å². The lowest BCUT2D eigenvalue weighted by molar-refractivity contribution is 0.537. The molecule has 4 heterocycles. The van der Waals surface area contributed by atoms with Crippen LogP contribution in [-0.2, 0) is 10.0 Å². The van der Waals surface area contributed by atoms with Crippen molar-refractivity contribution in [2.75, 3.05) is 11.6 Å². The van der Waals surface area contributed by atoms with E-state index in [4.69, 9.17) is 5.26 Å². The number of hydrogen-bond acceptors (Lipinski definition) is 6. The van der Waals surface area contributed by atoms with Gasteiger partial charge in [-0.15, -0.1) is 0 Å². The van der Waals surface area contributed by atoms with Gasteiger partial charge in [-0.2, -0.15) is 5.26 Å². The Labute approximate surface area is 186 Å². The fourth-order valence-electron chi connectivity index (χ4n) is 4.37. The van der Waals surface area contributed by atoms with Gasteiger partial charge in [0.05, 0.1) is 23.7 Å². The maximum Gasteiger partial charge on any atom is 0.269 e. The first-order valence-electron chi connectivity index (χ1n) is 10.4. The minimum absolute atomic E-state index is 0.216. The molecule has 1 aliphatic heterocycles. The van der Waals surface area contributed by atoms with Crippen LogP contribution in [0.1, 0.15) is 25.3 Å². The standard InChI is InChI=1S/C23H22N6O2S/c1-3-18-12-17(8-10-24)14-27(18)28-15-26-21-13-25-23-20(22(21)28)9-11-29(23)32(30,31)19-6-4-16(2)5-7-19/h4-9,11,13,15,18H,3,12,14H2,1-2H3/b17-8-/t18-/m1/s1. The molecular weight excluding hydrogens is 424 g/mol. The Hall–Kier alpha value is -3.64. The molecule has 1 fully saturated rings. The molecule has 0 N–H and O–H groups in total. The Morgan fingerprint density at radius 3 is 2.72 bits per heavy atom. The molecule has 0 radical (unpaired) electrons. The molecule has 1 aromatic carbocycles. The number of aryl methyl sites for hydroxylation is 1. The third-order valence-electron chi connectivity index (χ3n) is 6.05. The zero-order valence-electron chi connectivity index (χ0n) is 17.8. The summed E-state index contributed by atoms with van der Waals surface area (Å²) in [6, 6.07) is 10.9. The number of rotatable bonds is 4. The minimum Gasteiger partial charge on any atom is -0.304 e. The van der Waals surface area contributed by atoms with Crippen molar-refractivity contribution in [1.29, 1.82) is 5.26 Å². The van der Waals surface area contributed by atoms with Crippen LogP contribution in [0.25, 0.3) is 22.1 Å². The third kappa shape index (κ3) is 3.07. The van der Waals surface area contributed by atoms with E-state index in [0.717, 1.165) is 29.5 Å². The van der Waals surface area contributed by atoms with Gasteiger partial charge in [0.25, 0.3) is 10.0 Å². The second kappa shape index (κ2) is 7.50. The first-order valence-corrected chi connectivity index (χ1v) is 11.9. The summed E-state index contributed by atoms with van der Waals surface area (Å²) < 4.78 is 29.8. The highest BCUT2D eigenvalue weighted by Gasteiger charge is 2.29. The number of benzene rings is 1. The maximum absolute atomic E-state index is 13.3. The lowest BCUT2D eigenvalue weighted by Crippen LogP contribution is -2.38. The van der Waals surface area contributed by atoms with Crippen LogP contribution in [0.3, 0.4) is 0 Å². The summed E-state index contributed by atoms with van der Waals surface area (Å²) in [5.74, 6) is 0. The summed E-state index contributed by atoms with van der Waals surface area (Å²) in [7, 11) is -3.79. The van der Waals surface area contributed by atoms with E-state index in [9.17, 15) is 8.42 Å². The van der Waals surface area contributed by atoms with Crippen LogP contribution in [0.15, 0.2) is 65.6 Å². The van der Waals surface area contributed by atoms with Crippen LogP contribution in [0.4, 0.5) is 0 Å². The molecule has 0 aliphatic carbocycles. The maximum atomic E-state index is 13.3. The largest absolute Gasteiger partial charge is 0.304 e. The van der Waals surface area contributed by atoms with Gasteiger partial charge in [-0.3, -0.25) is 0 Å². The highest BCUT2D eigenvalue weighted by Crippen LogP contribution is 2.30. The summed E-state index contributed by atoms with van der Waals surface area (Å²) in [5, 5.41) is 12.0. The van der Waals surface area contributed by atoms with Gasteiger partial charge >= 0.3 is 0 Å². The van der Waals surface area contributed by atoms with Crippen LogP contribution in [0.5, 0.6) is 0 Å². The molecule has 1 atom stereocenters. The van der Waals surface area contributed by atoms with Crippen LogP contribution in [0, 0.1) is 18.3 Å². The minimum atomic E-state index is -3.79. The number of fused-ring (bicyclic) bond motifs is 3. The second-order valence-corrected chi connectivity index (χ2v) is 9.86. The predicted molar refractivity (Wildman–Crippen MR) is 122 cm³/mol. The first kappa shape index (κ1) is 20.3. The summed E-state index contributed by atoms with van der Waals surface area (Å²) in [4.78, 5) is 9.16. The number of nitrogens with zero attached hydrogens (tertiary/aromatic N) is 6. The highest BCUT2D eigenvalue weighted by atomic mass is 32.2. The van der Waals surface area contributed by atoms with E-state index in [2.05, 4.69) is 28.0 Å². The van der Waals surface area contributed by atoms with Gasteiger partial charge < -0.3 is 5.01 Å². The van der Waals surface area contributed by atoms with Gasteiger partial charge in [0.15, 0.2) is 5.65 Å². The average Bonchev–Trinajstić information content (AvgIpc) is 3.49. The number of nitriles is 1. The highest BCUT2D eigenvalue weighted by molar-refractivity contribution is 7.90. The lowest BCUT2D eigenvalue weighted by Gasteiger charge is -2.27. The predicted octanol–water partition coefficient (Wildman–Crippen LogP) is 3.50. The monoisotopic (exact) mass is 446 g/mol. The normalized spacial score (nSPS) is 18.1. The topological polar surface area (TPSA) is 96.8 Å². The number of imidazole rings is 1. The zero-order valence-corrected chi connectivity index (χ0v) is 18.6. The summed E-state index contributed by atoms with van der Waals surface area (Å²) in [6.07, 6.45) is 8.25. The van der Waals surface area contributed by atoms with Crippen molar-refractivity contribution in [3.05, 3.63) is 66.3 Å². The average molecular weight is 447 g/mol. The van der Waals surface area contributed by atoms with Crippen molar-refractivity contribution in [1.82, 2.24) is 18.6 Å². The van der Waals surface area contributed by atoms with Gasteiger partial charge in [0.2, 0.25) is 0 Å². The molecule has 32 heavy (non-hydrogen) atoms. The van der Waals surface area contributed by atoms with E-state index >= 15 is 0 Å². The van der Waals surface area contributed by atoms with Crippen molar-refractivity contribution < 1.29 is 8.42 Å². The fourth-order valence-corrected chi connectivity index (χ4v) is 5.68. The molecule has 162 valence electrons. The third-order valence-corrected chi connectivity index (χ3v) is 7.73. The molecule has 0 saturated carbocycles. The summed E-state index contributed by atoms with van der Waals surface area (Å²) in [6.45, 7) is 4.66. The molecule has 0 spiro atoms. The zero-order chi connectivity index (χ0) is 22.5.